The second-order valence-corrected chi connectivity index (χ2v) is 6.55. The fourth-order valence-corrected chi connectivity index (χ4v) is 3.40. The summed E-state index contributed by atoms with van der Waals surface area (Å²) in [5.41, 5.74) is 20.8. The van der Waals surface area contributed by atoms with Crippen molar-refractivity contribution in [3.63, 3.8) is 0 Å². The molecule has 0 bridgehead atoms. The SMILES string of the molecule is NCc1cccc(N(C(N)=O)c2ccc(-c3c(F)ccc4[nH]nc(N)c34)cc2)c1. The summed E-state index contributed by atoms with van der Waals surface area (Å²) in [6.45, 7) is 0.342. The molecule has 0 atom stereocenters. The van der Waals surface area contributed by atoms with Gasteiger partial charge >= 0.3 is 6.03 Å². The summed E-state index contributed by atoms with van der Waals surface area (Å²) in [5.74, 6) is -0.198. The van der Waals surface area contributed by atoms with E-state index in [1.54, 1.807) is 48.5 Å². The van der Waals surface area contributed by atoms with Crippen LogP contribution in [0.5, 0.6) is 0 Å². The van der Waals surface area contributed by atoms with Crippen LogP contribution in [0.2, 0.25) is 0 Å². The van der Waals surface area contributed by atoms with Gasteiger partial charge in [0.15, 0.2) is 5.82 Å². The van der Waals surface area contributed by atoms with Gasteiger partial charge in [-0.15, -0.1) is 0 Å². The monoisotopic (exact) mass is 390 g/mol. The zero-order valence-electron chi connectivity index (χ0n) is 15.4. The summed E-state index contributed by atoms with van der Waals surface area (Å²) in [6.07, 6.45) is 0. The maximum atomic E-state index is 14.6. The topological polar surface area (TPSA) is 127 Å². The Balaban J connectivity index is 1.78. The first-order valence-corrected chi connectivity index (χ1v) is 8.90. The molecule has 0 saturated carbocycles. The number of carbonyl (C=O) groups excluding carboxylic acids is 1. The van der Waals surface area contributed by atoms with Crippen molar-refractivity contribution >= 4 is 34.1 Å². The van der Waals surface area contributed by atoms with E-state index >= 15 is 0 Å². The van der Waals surface area contributed by atoms with E-state index in [4.69, 9.17) is 17.2 Å². The average Bonchev–Trinajstić information content (AvgIpc) is 3.10. The second kappa shape index (κ2) is 7.25. The molecule has 4 rings (SSSR count). The Morgan fingerprint density at radius 3 is 2.52 bits per heavy atom. The number of nitrogens with zero attached hydrogens (tertiary/aromatic N) is 2. The lowest BCUT2D eigenvalue weighted by Crippen LogP contribution is -2.31. The number of primary amides is 1. The van der Waals surface area contributed by atoms with Crippen LogP contribution in [-0.4, -0.2) is 16.2 Å². The van der Waals surface area contributed by atoms with E-state index < -0.39 is 11.8 Å². The summed E-state index contributed by atoms with van der Waals surface area (Å²) in [5, 5.41) is 7.25. The molecule has 0 aliphatic heterocycles. The molecule has 1 aromatic heterocycles. The molecule has 2 amide bonds. The van der Waals surface area contributed by atoms with Gasteiger partial charge in [-0.3, -0.25) is 10.00 Å². The molecule has 8 heteroatoms. The van der Waals surface area contributed by atoms with Crippen molar-refractivity contribution in [1.82, 2.24) is 10.2 Å². The number of urea groups is 1. The molecule has 0 saturated heterocycles. The molecule has 0 radical (unpaired) electrons. The standard InChI is InChI=1S/C21H19FN6O/c22-16-8-9-17-19(20(24)27-26-17)18(16)13-4-6-14(7-5-13)28(21(25)29)15-3-1-2-12(10-15)11-23/h1-10H,11,23H2,(H2,25,29)(H3,24,26,27). The lowest BCUT2D eigenvalue weighted by molar-refractivity contribution is 0.256. The second-order valence-electron chi connectivity index (χ2n) is 6.55. The molecule has 4 aromatic rings. The van der Waals surface area contributed by atoms with E-state index in [-0.39, 0.29) is 5.82 Å². The zero-order chi connectivity index (χ0) is 20.5. The number of fused-ring (bicyclic) bond motifs is 1. The first-order chi connectivity index (χ1) is 14.0. The van der Waals surface area contributed by atoms with Crippen LogP contribution in [0, 0.1) is 5.82 Å². The van der Waals surface area contributed by atoms with E-state index in [1.165, 1.54) is 11.0 Å². The number of anilines is 3. The predicted molar refractivity (Wildman–Crippen MR) is 112 cm³/mol. The number of aromatic nitrogens is 2. The number of H-pyrrole nitrogens is 1. The summed E-state index contributed by atoms with van der Waals surface area (Å²) < 4.78 is 14.6. The fraction of sp³-hybridized carbons (Fsp3) is 0.0476. The number of benzene rings is 3. The number of hydrogen-bond acceptors (Lipinski definition) is 4. The molecule has 7 nitrogen and oxygen atoms in total. The third-order valence-corrected chi connectivity index (χ3v) is 4.75. The summed E-state index contributed by atoms with van der Waals surface area (Å²) >= 11 is 0. The number of halogens is 1. The van der Waals surface area contributed by atoms with Crippen molar-refractivity contribution in [2.45, 2.75) is 6.54 Å². The van der Waals surface area contributed by atoms with Crippen LogP contribution < -0.4 is 22.1 Å². The van der Waals surface area contributed by atoms with E-state index in [2.05, 4.69) is 10.2 Å². The molecule has 1 heterocycles. The minimum atomic E-state index is -0.640. The Morgan fingerprint density at radius 1 is 1.07 bits per heavy atom. The van der Waals surface area contributed by atoms with Crippen molar-refractivity contribution in [2.75, 3.05) is 10.6 Å². The van der Waals surface area contributed by atoms with Gasteiger partial charge in [0.1, 0.15) is 5.82 Å². The minimum absolute atomic E-state index is 0.218. The molecule has 0 aliphatic carbocycles. The number of nitrogens with two attached hydrogens (primary N) is 3. The van der Waals surface area contributed by atoms with Gasteiger partial charge < -0.3 is 17.2 Å². The van der Waals surface area contributed by atoms with Gasteiger partial charge in [-0.1, -0.05) is 24.3 Å². The van der Waals surface area contributed by atoms with Gasteiger partial charge in [0.2, 0.25) is 0 Å². The smallest absolute Gasteiger partial charge is 0.323 e. The van der Waals surface area contributed by atoms with E-state index in [1.807, 2.05) is 6.07 Å². The van der Waals surface area contributed by atoms with E-state index in [0.717, 1.165) is 5.56 Å². The average molecular weight is 390 g/mol. The summed E-state index contributed by atoms with van der Waals surface area (Å²) in [7, 11) is 0. The number of nitrogens with one attached hydrogen (secondary N) is 1. The Hall–Kier alpha value is -3.91. The van der Waals surface area contributed by atoms with Gasteiger partial charge in [0.25, 0.3) is 0 Å². The number of amides is 2. The van der Waals surface area contributed by atoms with Crippen LogP contribution in [-0.2, 0) is 6.54 Å². The maximum absolute atomic E-state index is 14.6. The third-order valence-electron chi connectivity index (χ3n) is 4.75. The number of rotatable bonds is 4. The minimum Gasteiger partial charge on any atom is -0.382 e. The van der Waals surface area contributed by atoms with Gasteiger partial charge in [-0.05, 0) is 47.5 Å². The molecule has 0 spiro atoms. The number of carbonyl (C=O) groups is 1. The molecule has 0 fully saturated rings. The molecule has 29 heavy (non-hydrogen) atoms. The van der Waals surface area contributed by atoms with E-state index in [9.17, 15) is 9.18 Å². The van der Waals surface area contributed by atoms with Crippen LogP contribution in [0.25, 0.3) is 22.0 Å². The Morgan fingerprint density at radius 2 is 1.83 bits per heavy atom. The van der Waals surface area contributed by atoms with Crippen LogP contribution in [0.4, 0.5) is 26.4 Å². The van der Waals surface area contributed by atoms with Gasteiger partial charge in [-0.2, -0.15) is 5.10 Å². The van der Waals surface area contributed by atoms with Crippen molar-refractivity contribution in [3.8, 4) is 11.1 Å². The Bertz CT molecular complexity index is 1200. The van der Waals surface area contributed by atoms with Gasteiger partial charge in [-0.25, -0.2) is 9.18 Å². The third kappa shape index (κ3) is 3.26. The van der Waals surface area contributed by atoms with Crippen LogP contribution in [0.3, 0.4) is 0 Å². The van der Waals surface area contributed by atoms with Crippen molar-refractivity contribution < 1.29 is 9.18 Å². The summed E-state index contributed by atoms with van der Waals surface area (Å²) in [6, 6.07) is 16.4. The molecule has 0 unspecified atom stereocenters. The van der Waals surface area contributed by atoms with Gasteiger partial charge in [0.05, 0.1) is 22.3 Å². The molecule has 0 aliphatic rings. The number of aromatic amines is 1. The number of hydrogen-bond donors (Lipinski definition) is 4. The highest BCUT2D eigenvalue weighted by molar-refractivity contribution is 6.02. The lowest BCUT2D eigenvalue weighted by atomic mass is 10.00. The molecule has 146 valence electrons. The lowest BCUT2D eigenvalue weighted by Gasteiger charge is -2.21. The summed E-state index contributed by atoms with van der Waals surface area (Å²) in [4.78, 5) is 13.5. The van der Waals surface area contributed by atoms with Crippen LogP contribution >= 0.6 is 0 Å². The zero-order valence-corrected chi connectivity index (χ0v) is 15.4. The fourth-order valence-electron chi connectivity index (χ4n) is 3.40. The molecule has 7 N–H and O–H groups in total. The molecular formula is C21H19FN6O. The van der Waals surface area contributed by atoms with Crippen molar-refractivity contribution in [2.24, 2.45) is 11.5 Å². The predicted octanol–water partition coefficient (Wildman–Crippen LogP) is 3.63. The quantitative estimate of drug-likeness (QED) is 0.424. The Kier molecular flexibility index (Phi) is 4.61. The number of nitrogen functional groups attached to an aromatic ring is 1. The highest BCUT2D eigenvalue weighted by atomic mass is 19.1. The van der Waals surface area contributed by atoms with Crippen molar-refractivity contribution in [1.29, 1.82) is 0 Å². The van der Waals surface area contributed by atoms with Gasteiger partial charge in [0, 0.05) is 12.1 Å². The Labute approximate surface area is 165 Å². The first kappa shape index (κ1) is 18.5. The normalized spacial score (nSPS) is 11.0. The highest BCUT2D eigenvalue weighted by Crippen LogP contribution is 2.35. The van der Waals surface area contributed by atoms with Crippen molar-refractivity contribution in [3.05, 3.63) is 72.0 Å². The largest absolute Gasteiger partial charge is 0.382 e. The van der Waals surface area contributed by atoms with Crippen LogP contribution in [0.15, 0.2) is 60.7 Å². The highest BCUT2D eigenvalue weighted by Gasteiger charge is 2.18. The maximum Gasteiger partial charge on any atom is 0.323 e. The van der Waals surface area contributed by atoms with E-state index in [0.29, 0.717) is 39.9 Å². The first-order valence-electron chi connectivity index (χ1n) is 8.90. The molecular weight excluding hydrogens is 371 g/mol. The molecule has 3 aromatic carbocycles. The van der Waals surface area contributed by atoms with Crippen LogP contribution in [0.1, 0.15) is 5.56 Å².